The molecule has 2 atom stereocenters. The molecular weight excluding hydrogens is 212 g/mol. The predicted octanol–water partition coefficient (Wildman–Crippen LogP) is 2.70. The fourth-order valence-electron chi connectivity index (χ4n) is 1.38. The van der Waals surface area contributed by atoms with Crippen molar-refractivity contribution in [2.24, 2.45) is 0 Å². The highest BCUT2D eigenvalue weighted by atomic mass is 35.5. The standard InChI is InChI=1S/C12H15ClO2/c1-3-12(15,4-2)11(14)9-5-7-10(13)8-6-9/h3,5-8,11,14-15H,1,4H2,2H3/t11-,12+/m0/s1. The highest BCUT2D eigenvalue weighted by molar-refractivity contribution is 6.30. The van der Waals surface area contributed by atoms with E-state index in [1.54, 1.807) is 31.2 Å². The second kappa shape index (κ2) is 4.79. The van der Waals surface area contributed by atoms with Gasteiger partial charge in [-0.15, -0.1) is 6.58 Å². The predicted molar refractivity (Wildman–Crippen MR) is 61.8 cm³/mol. The molecule has 0 heterocycles. The van der Waals surface area contributed by atoms with Crippen LogP contribution in [0.5, 0.6) is 0 Å². The highest BCUT2D eigenvalue weighted by Crippen LogP contribution is 2.30. The van der Waals surface area contributed by atoms with E-state index in [-0.39, 0.29) is 0 Å². The fourth-order valence-corrected chi connectivity index (χ4v) is 1.51. The molecule has 0 aliphatic carbocycles. The molecule has 0 saturated heterocycles. The zero-order valence-electron chi connectivity index (χ0n) is 8.65. The first-order valence-corrected chi connectivity index (χ1v) is 5.21. The Morgan fingerprint density at radius 3 is 2.40 bits per heavy atom. The van der Waals surface area contributed by atoms with Crippen molar-refractivity contribution in [1.82, 2.24) is 0 Å². The number of aliphatic hydroxyl groups excluding tert-OH is 1. The van der Waals surface area contributed by atoms with Crippen molar-refractivity contribution in [2.75, 3.05) is 0 Å². The summed E-state index contributed by atoms with van der Waals surface area (Å²) in [6.45, 7) is 5.32. The average Bonchev–Trinajstić information content (AvgIpc) is 2.28. The van der Waals surface area contributed by atoms with Crippen LogP contribution in [0.15, 0.2) is 36.9 Å². The first-order valence-electron chi connectivity index (χ1n) is 4.83. The topological polar surface area (TPSA) is 40.5 Å². The van der Waals surface area contributed by atoms with Gasteiger partial charge in [0.15, 0.2) is 0 Å². The van der Waals surface area contributed by atoms with Gasteiger partial charge in [0.2, 0.25) is 0 Å². The number of hydrogen-bond donors (Lipinski definition) is 2. The van der Waals surface area contributed by atoms with Crippen LogP contribution in [0, 0.1) is 0 Å². The molecule has 1 rings (SSSR count). The lowest BCUT2D eigenvalue weighted by molar-refractivity contribution is -0.0433. The number of aliphatic hydroxyl groups is 2. The van der Waals surface area contributed by atoms with Crippen LogP contribution in [0.3, 0.4) is 0 Å². The first-order chi connectivity index (χ1) is 7.03. The van der Waals surface area contributed by atoms with E-state index >= 15 is 0 Å². The molecule has 0 fully saturated rings. The van der Waals surface area contributed by atoms with Gasteiger partial charge in [-0.1, -0.05) is 36.7 Å². The molecule has 0 radical (unpaired) electrons. The van der Waals surface area contributed by atoms with E-state index in [4.69, 9.17) is 11.6 Å². The van der Waals surface area contributed by atoms with Gasteiger partial charge >= 0.3 is 0 Å². The maximum Gasteiger partial charge on any atom is 0.112 e. The van der Waals surface area contributed by atoms with E-state index in [1.165, 1.54) is 6.08 Å². The van der Waals surface area contributed by atoms with Crippen molar-refractivity contribution >= 4 is 11.6 Å². The average molecular weight is 227 g/mol. The number of hydrogen-bond acceptors (Lipinski definition) is 2. The summed E-state index contributed by atoms with van der Waals surface area (Å²) in [5.41, 5.74) is -0.656. The lowest BCUT2D eigenvalue weighted by Crippen LogP contribution is -2.33. The molecule has 1 aromatic carbocycles. The molecule has 2 nitrogen and oxygen atoms in total. The zero-order valence-corrected chi connectivity index (χ0v) is 9.41. The summed E-state index contributed by atoms with van der Waals surface area (Å²) in [6.07, 6.45) is 0.796. The Hall–Kier alpha value is -0.830. The smallest absolute Gasteiger partial charge is 0.112 e. The molecule has 0 amide bonds. The van der Waals surface area contributed by atoms with Crippen LogP contribution >= 0.6 is 11.6 Å². The maximum atomic E-state index is 10.0. The third kappa shape index (κ3) is 2.59. The van der Waals surface area contributed by atoms with E-state index in [9.17, 15) is 10.2 Å². The second-order valence-corrected chi connectivity index (χ2v) is 3.94. The summed E-state index contributed by atoms with van der Waals surface area (Å²) in [5, 5.41) is 20.6. The van der Waals surface area contributed by atoms with Gasteiger partial charge in [0.05, 0.1) is 0 Å². The van der Waals surface area contributed by atoms with Crippen LogP contribution in [0.1, 0.15) is 25.0 Å². The number of halogens is 1. The molecule has 1 aromatic rings. The molecule has 0 aliphatic rings. The number of benzene rings is 1. The van der Waals surface area contributed by atoms with Gasteiger partial charge in [-0.2, -0.15) is 0 Å². The lowest BCUT2D eigenvalue weighted by Gasteiger charge is -2.28. The lowest BCUT2D eigenvalue weighted by atomic mass is 9.89. The highest BCUT2D eigenvalue weighted by Gasteiger charge is 2.31. The summed E-state index contributed by atoms with van der Waals surface area (Å²) in [6, 6.07) is 6.74. The number of rotatable bonds is 4. The summed E-state index contributed by atoms with van der Waals surface area (Å²) in [5.74, 6) is 0. The molecule has 0 unspecified atom stereocenters. The van der Waals surface area contributed by atoms with Crippen LogP contribution in [0.2, 0.25) is 5.02 Å². The van der Waals surface area contributed by atoms with Crippen LogP contribution in [-0.2, 0) is 0 Å². The Morgan fingerprint density at radius 2 is 2.00 bits per heavy atom. The second-order valence-electron chi connectivity index (χ2n) is 3.50. The van der Waals surface area contributed by atoms with Gasteiger partial charge < -0.3 is 10.2 Å². The molecule has 0 saturated carbocycles. The van der Waals surface area contributed by atoms with Crippen molar-refractivity contribution in [3.8, 4) is 0 Å². The molecule has 15 heavy (non-hydrogen) atoms. The van der Waals surface area contributed by atoms with Crippen LogP contribution < -0.4 is 0 Å². The van der Waals surface area contributed by atoms with E-state index < -0.39 is 11.7 Å². The minimum Gasteiger partial charge on any atom is -0.385 e. The minimum atomic E-state index is -1.28. The van der Waals surface area contributed by atoms with Crippen molar-refractivity contribution in [2.45, 2.75) is 25.0 Å². The van der Waals surface area contributed by atoms with Gasteiger partial charge in [-0.25, -0.2) is 0 Å². The summed E-state index contributed by atoms with van der Waals surface area (Å²) < 4.78 is 0. The van der Waals surface area contributed by atoms with Gasteiger partial charge in [-0.3, -0.25) is 0 Å². The van der Waals surface area contributed by atoms with Gasteiger partial charge in [-0.05, 0) is 24.1 Å². The van der Waals surface area contributed by atoms with Crippen LogP contribution in [0.4, 0.5) is 0 Å². The van der Waals surface area contributed by atoms with Gasteiger partial charge in [0, 0.05) is 5.02 Å². The van der Waals surface area contributed by atoms with Crippen molar-refractivity contribution < 1.29 is 10.2 Å². The van der Waals surface area contributed by atoms with Crippen molar-refractivity contribution in [1.29, 1.82) is 0 Å². The minimum absolute atomic E-state index is 0.403. The molecule has 0 aromatic heterocycles. The zero-order chi connectivity index (χ0) is 11.5. The Kier molecular flexibility index (Phi) is 3.91. The van der Waals surface area contributed by atoms with Crippen molar-refractivity contribution in [3.63, 3.8) is 0 Å². The molecular formula is C12H15ClO2. The van der Waals surface area contributed by atoms with E-state index in [2.05, 4.69) is 6.58 Å². The summed E-state index contributed by atoms with van der Waals surface area (Å²) >= 11 is 5.73. The Morgan fingerprint density at radius 1 is 1.47 bits per heavy atom. The van der Waals surface area contributed by atoms with E-state index in [1.807, 2.05) is 0 Å². The molecule has 0 spiro atoms. The Labute approximate surface area is 94.8 Å². The monoisotopic (exact) mass is 226 g/mol. The van der Waals surface area contributed by atoms with Crippen LogP contribution in [-0.4, -0.2) is 15.8 Å². The third-order valence-electron chi connectivity index (χ3n) is 2.58. The molecule has 82 valence electrons. The fraction of sp³-hybridized carbons (Fsp3) is 0.333. The quantitative estimate of drug-likeness (QED) is 0.775. The third-order valence-corrected chi connectivity index (χ3v) is 2.83. The summed E-state index contributed by atoms with van der Waals surface area (Å²) in [7, 11) is 0. The Bertz CT molecular complexity index is 334. The summed E-state index contributed by atoms with van der Waals surface area (Å²) in [4.78, 5) is 0. The van der Waals surface area contributed by atoms with Gasteiger partial charge in [0.1, 0.15) is 11.7 Å². The van der Waals surface area contributed by atoms with Gasteiger partial charge in [0.25, 0.3) is 0 Å². The van der Waals surface area contributed by atoms with Crippen molar-refractivity contribution in [3.05, 3.63) is 47.5 Å². The molecule has 0 aliphatic heterocycles. The SMILES string of the molecule is C=C[C@@](O)(CC)[C@@H](O)c1ccc(Cl)cc1. The first kappa shape index (κ1) is 12.2. The van der Waals surface area contributed by atoms with E-state index in [0.29, 0.717) is 17.0 Å². The molecule has 3 heteroatoms. The Balaban J connectivity index is 2.97. The maximum absolute atomic E-state index is 10.0. The normalized spacial score (nSPS) is 16.8. The largest absolute Gasteiger partial charge is 0.385 e. The molecule has 2 N–H and O–H groups in total. The van der Waals surface area contributed by atoms with Crippen LogP contribution in [0.25, 0.3) is 0 Å². The van der Waals surface area contributed by atoms with E-state index in [0.717, 1.165) is 0 Å². The molecule has 0 bridgehead atoms.